The predicted octanol–water partition coefficient (Wildman–Crippen LogP) is 5.34. The molecule has 41 heavy (non-hydrogen) atoms. The van der Waals surface area contributed by atoms with E-state index in [9.17, 15) is 9.59 Å². The summed E-state index contributed by atoms with van der Waals surface area (Å²) in [5, 5.41) is 9.83. The topological polar surface area (TPSA) is 80.6 Å². The number of thioether (sulfide) groups is 1. The van der Waals surface area contributed by atoms with Gasteiger partial charge in [-0.15, -0.1) is 10.2 Å². The number of ether oxygens (including phenoxy) is 1. The Balaban J connectivity index is 1.08. The van der Waals surface area contributed by atoms with Crippen molar-refractivity contribution in [2.75, 3.05) is 32.0 Å². The number of para-hydroxylation sites is 2. The molecule has 0 N–H and O–H groups in total. The van der Waals surface area contributed by atoms with Gasteiger partial charge in [0.05, 0.1) is 0 Å². The van der Waals surface area contributed by atoms with Crippen LogP contribution >= 0.6 is 11.8 Å². The number of benzene rings is 3. The molecule has 8 nitrogen and oxygen atoms in total. The van der Waals surface area contributed by atoms with Crippen molar-refractivity contribution in [1.29, 1.82) is 0 Å². The molecule has 2 heterocycles. The third-order valence-electron chi connectivity index (χ3n) is 7.10. The molecule has 0 saturated carbocycles. The van der Waals surface area contributed by atoms with Crippen LogP contribution in [0.2, 0.25) is 0 Å². The molecular weight excluding hydrogens is 534 g/mol. The van der Waals surface area contributed by atoms with E-state index in [0.717, 1.165) is 40.8 Å². The minimum atomic E-state index is -0.0516. The monoisotopic (exact) mass is 569 g/mol. The zero-order chi connectivity index (χ0) is 28.4. The highest BCUT2D eigenvalue weighted by Crippen LogP contribution is 2.28. The molecule has 0 aliphatic carbocycles. The van der Waals surface area contributed by atoms with Crippen LogP contribution in [0.5, 0.6) is 5.75 Å². The van der Waals surface area contributed by atoms with Crippen LogP contribution in [0.1, 0.15) is 26.2 Å². The van der Waals surface area contributed by atoms with Crippen molar-refractivity contribution in [2.24, 2.45) is 0 Å². The first-order chi connectivity index (χ1) is 20.1. The molecule has 1 aromatic heterocycles. The average Bonchev–Trinajstić information content (AvgIpc) is 3.45. The Morgan fingerprint density at radius 3 is 2.24 bits per heavy atom. The molecule has 1 atom stereocenters. The lowest BCUT2D eigenvalue weighted by Gasteiger charge is -2.40. The standard InChI is InChI=1S/C32H35N5O3S/c1-25-23-35(20-21-36(25)30(39)24-40-28-17-9-4-10-18-28)29(38)19-11-12-22-41-32-34-33-31(26-13-5-2-6-14-26)37(32)27-15-7-3-8-16-27/h2-10,13-18,25H,11-12,19-24H2,1H3. The minimum Gasteiger partial charge on any atom is -0.484 e. The van der Waals surface area contributed by atoms with Crippen molar-refractivity contribution in [3.8, 4) is 22.8 Å². The first kappa shape index (κ1) is 28.4. The van der Waals surface area contributed by atoms with Crippen molar-refractivity contribution in [3.63, 3.8) is 0 Å². The number of carbonyl (C=O) groups is 2. The molecule has 5 rings (SSSR count). The fourth-order valence-electron chi connectivity index (χ4n) is 4.95. The summed E-state index contributed by atoms with van der Waals surface area (Å²) in [5.41, 5.74) is 2.04. The second-order valence-electron chi connectivity index (χ2n) is 10.0. The number of amides is 2. The number of unbranched alkanes of at least 4 members (excludes halogenated alkanes) is 1. The summed E-state index contributed by atoms with van der Waals surface area (Å²) in [7, 11) is 0. The molecule has 1 saturated heterocycles. The molecule has 1 aliphatic heterocycles. The SMILES string of the molecule is CC1CN(C(=O)CCCCSc2nnc(-c3ccccc3)n2-c2ccccc2)CCN1C(=O)COc1ccccc1. The number of hydrogen-bond donors (Lipinski definition) is 0. The van der Waals surface area contributed by atoms with Crippen LogP contribution in [-0.2, 0) is 9.59 Å². The van der Waals surface area contributed by atoms with Crippen molar-refractivity contribution in [3.05, 3.63) is 91.0 Å². The van der Waals surface area contributed by atoms with E-state index >= 15 is 0 Å². The molecule has 212 valence electrons. The van der Waals surface area contributed by atoms with E-state index in [0.29, 0.717) is 31.8 Å². The molecule has 1 fully saturated rings. The molecule has 4 aromatic rings. The Labute approximate surface area is 245 Å². The maximum Gasteiger partial charge on any atom is 0.260 e. The molecule has 1 aliphatic rings. The summed E-state index contributed by atoms with van der Waals surface area (Å²) in [4.78, 5) is 29.3. The highest BCUT2D eigenvalue weighted by atomic mass is 32.2. The quantitative estimate of drug-likeness (QED) is 0.179. The highest BCUT2D eigenvalue weighted by molar-refractivity contribution is 7.99. The van der Waals surface area contributed by atoms with Gasteiger partial charge in [0.2, 0.25) is 5.91 Å². The fraction of sp³-hybridized carbons (Fsp3) is 0.312. The van der Waals surface area contributed by atoms with Gasteiger partial charge in [-0.1, -0.05) is 78.5 Å². The summed E-state index contributed by atoms with van der Waals surface area (Å²) in [6.45, 7) is 3.62. The van der Waals surface area contributed by atoms with Gasteiger partial charge in [0, 0.05) is 49.1 Å². The van der Waals surface area contributed by atoms with Gasteiger partial charge in [-0.3, -0.25) is 14.2 Å². The van der Waals surface area contributed by atoms with E-state index in [1.54, 1.807) is 11.8 Å². The largest absolute Gasteiger partial charge is 0.484 e. The van der Waals surface area contributed by atoms with Crippen LogP contribution < -0.4 is 4.74 Å². The molecule has 2 amide bonds. The van der Waals surface area contributed by atoms with Crippen LogP contribution in [0.3, 0.4) is 0 Å². The van der Waals surface area contributed by atoms with Gasteiger partial charge in [0.1, 0.15) is 5.75 Å². The lowest BCUT2D eigenvalue weighted by molar-refractivity contribution is -0.143. The van der Waals surface area contributed by atoms with E-state index in [4.69, 9.17) is 4.74 Å². The van der Waals surface area contributed by atoms with Crippen LogP contribution in [0, 0.1) is 0 Å². The Kier molecular flexibility index (Phi) is 9.69. The van der Waals surface area contributed by atoms with Crippen molar-refractivity contribution < 1.29 is 14.3 Å². The van der Waals surface area contributed by atoms with E-state index in [-0.39, 0.29) is 24.5 Å². The smallest absolute Gasteiger partial charge is 0.260 e. The van der Waals surface area contributed by atoms with Crippen molar-refractivity contribution >= 4 is 23.6 Å². The van der Waals surface area contributed by atoms with Gasteiger partial charge in [-0.2, -0.15) is 0 Å². The number of piperazine rings is 1. The van der Waals surface area contributed by atoms with Crippen molar-refractivity contribution in [2.45, 2.75) is 37.4 Å². The third-order valence-corrected chi connectivity index (χ3v) is 8.12. The molecule has 3 aromatic carbocycles. The summed E-state index contributed by atoms with van der Waals surface area (Å²) < 4.78 is 7.72. The fourth-order valence-corrected chi connectivity index (χ4v) is 5.90. The molecular formula is C32H35N5O3S. The maximum atomic E-state index is 12.9. The van der Waals surface area contributed by atoms with E-state index in [2.05, 4.69) is 26.9 Å². The predicted molar refractivity (Wildman–Crippen MR) is 161 cm³/mol. The molecule has 0 radical (unpaired) electrons. The second kappa shape index (κ2) is 14.0. The van der Waals surface area contributed by atoms with Crippen LogP contribution in [0.25, 0.3) is 17.1 Å². The number of rotatable bonds is 11. The summed E-state index contributed by atoms with van der Waals surface area (Å²) in [5.74, 6) is 2.43. The lowest BCUT2D eigenvalue weighted by atomic mass is 10.1. The second-order valence-corrected chi connectivity index (χ2v) is 11.1. The number of hydrogen-bond acceptors (Lipinski definition) is 6. The summed E-state index contributed by atoms with van der Waals surface area (Å²) in [6.07, 6.45) is 2.19. The Morgan fingerprint density at radius 1 is 0.854 bits per heavy atom. The van der Waals surface area contributed by atoms with Crippen LogP contribution in [-0.4, -0.2) is 74.4 Å². The summed E-state index contributed by atoms with van der Waals surface area (Å²) >= 11 is 1.66. The average molecular weight is 570 g/mol. The molecule has 0 bridgehead atoms. The molecule has 0 spiro atoms. The zero-order valence-electron chi connectivity index (χ0n) is 23.3. The van der Waals surface area contributed by atoms with Gasteiger partial charge < -0.3 is 14.5 Å². The van der Waals surface area contributed by atoms with Gasteiger partial charge in [-0.05, 0) is 44.0 Å². The third kappa shape index (κ3) is 7.35. The van der Waals surface area contributed by atoms with Gasteiger partial charge in [0.25, 0.3) is 5.91 Å². The van der Waals surface area contributed by atoms with E-state index in [1.807, 2.05) is 95.6 Å². The van der Waals surface area contributed by atoms with Gasteiger partial charge >= 0.3 is 0 Å². The van der Waals surface area contributed by atoms with Crippen molar-refractivity contribution in [1.82, 2.24) is 24.6 Å². The lowest BCUT2D eigenvalue weighted by Crippen LogP contribution is -2.56. The first-order valence-electron chi connectivity index (χ1n) is 14.0. The zero-order valence-corrected chi connectivity index (χ0v) is 24.1. The van der Waals surface area contributed by atoms with Gasteiger partial charge in [0.15, 0.2) is 17.6 Å². The molecule has 1 unspecified atom stereocenters. The maximum absolute atomic E-state index is 12.9. The van der Waals surface area contributed by atoms with E-state index in [1.165, 1.54) is 0 Å². The Morgan fingerprint density at radius 2 is 1.54 bits per heavy atom. The van der Waals surface area contributed by atoms with E-state index < -0.39 is 0 Å². The van der Waals surface area contributed by atoms with Crippen LogP contribution in [0.4, 0.5) is 0 Å². The normalized spacial score (nSPS) is 15.1. The number of carbonyl (C=O) groups excluding carboxylic acids is 2. The van der Waals surface area contributed by atoms with Gasteiger partial charge in [-0.25, -0.2) is 0 Å². The number of aromatic nitrogens is 3. The Bertz CT molecular complexity index is 1420. The highest BCUT2D eigenvalue weighted by Gasteiger charge is 2.29. The Hall–Kier alpha value is -4.11. The summed E-state index contributed by atoms with van der Waals surface area (Å²) in [6, 6.07) is 29.5. The first-order valence-corrected chi connectivity index (χ1v) is 15.0. The minimum absolute atomic E-state index is 0.00480. The van der Waals surface area contributed by atoms with Crippen LogP contribution in [0.15, 0.2) is 96.2 Å². The number of nitrogens with zero attached hydrogens (tertiary/aromatic N) is 5. The molecule has 9 heteroatoms.